The van der Waals surface area contributed by atoms with Gasteiger partial charge in [-0.05, 0) is 18.2 Å². The van der Waals surface area contributed by atoms with Crippen LogP contribution in [0.15, 0.2) is 48.1 Å². The molecule has 19 heavy (non-hydrogen) atoms. The van der Waals surface area contributed by atoms with Crippen LogP contribution in [0.4, 0.5) is 5.69 Å². The summed E-state index contributed by atoms with van der Waals surface area (Å²) in [6, 6.07) is 7.30. The summed E-state index contributed by atoms with van der Waals surface area (Å²) < 4.78 is 2.56. The molecule has 96 valence electrons. The highest BCUT2D eigenvalue weighted by atomic mass is 127. The second kappa shape index (κ2) is 4.80. The lowest BCUT2D eigenvalue weighted by atomic mass is 9.82. The van der Waals surface area contributed by atoms with Crippen LogP contribution in [0.1, 0.15) is 10.4 Å². The molecule has 0 saturated heterocycles. The van der Waals surface area contributed by atoms with E-state index in [0.717, 1.165) is 5.69 Å². The number of para-hydroxylation sites is 1. The van der Waals surface area contributed by atoms with E-state index in [9.17, 15) is 9.59 Å². The first kappa shape index (κ1) is 12.4. The van der Waals surface area contributed by atoms with E-state index in [4.69, 9.17) is 0 Å². The molecule has 5 heteroatoms. The van der Waals surface area contributed by atoms with Crippen LogP contribution in [0, 0.1) is 5.92 Å². The van der Waals surface area contributed by atoms with Crippen LogP contribution in [-0.2, 0) is 4.79 Å². The molecule has 1 amide bonds. The lowest BCUT2D eigenvalue weighted by Crippen LogP contribution is -2.39. The van der Waals surface area contributed by atoms with Crippen molar-refractivity contribution in [3.8, 4) is 0 Å². The monoisotopic (exact) mass is 366 g/mol. The molecule has 0 radical (unpaired) electrons. The van der Waals surface area contributed by atoms with Crippen molar-refractivity contribution in [2.24, 2.45) is 5.92 Å². The maximum Gasteiger partial charge on any atom is 0.259 e. The third kappa shape index (κ3) is 2.07. The normalized spacial score (nSPS) is 23.8. The number of amides is 1. The number of Topliss-reactive ketones (excluding diaryl/α,β-unsaturated/α-hetero) is 1. The molecule has 2 atom stereocenters. The standard InChI is InChI=1S/C14H11IN2O2/c15-17-14(19)8-5-6-10-12(7-8)16-11-4-2-1-3-9(11)13(10)18/h1-7,10,12,16H,(H,17,19). The number of rotatable bonds is 1. The van der Waals surface area contributed by atoms with Gasteiger partial charge in [-0.15, -0.1) is 0 Å². The number of fused-ring (bicyclic) bond motifs is 2. The van der Waals surface area contributed by atoms with Gasteiger partial charge in [-0.2, -0.15) is 0 Å². The van der Waals surface area contributed by atoms with E-state index >= 15 is 0 Å². The number of nitrogens with one attached hydrogen (secondary N) is 2. The molecule has 2 unspecified atom stereocenters. The Morgan fingerprint density at radius 1 is 1.32 bits per heavy atom. The topological polar surface area (TPSA) is 58.2 Å². The number of benzene rings is 1. The fourth-order valence-electron chi connectivity index (χ4n) is 2.45. The number of hydrogen-bond acceptors (Lipinski definition) is 3. The molecule has 0 bridgehead atoms. The van der Waals surface area contributed by atoms with Crippen LogP contribution in [0.5, 0.6) is 0 Å². The fourth-order valence-corrected chi connectivity index (χ4v) is 2.76. The Morgan fingerprint density at radius 2 is 2.11 bits per heavy atom. The Morgan fingerprint density at radius 3 is 2.89 bits per heavy atom. The largest absolute Gasteiger partial charge is 0.377 e. The predicted octanol–water partition coefficient (Wildman–Crippen LogP) is 2.24. The lowest BCUT2D eigenvalue weighted by molar-refractivity contribution is -0.115. The van der Waals surface area contributed by atoms with Gasteiger partial charge in [0, 0.05) is 16.8 Å². The molecule has 2 aliphatic rings. The molecule has 4 nitrogen and oxygen atoms in total. The summed E-state index contributed by atoms with van der Waals surface area (Å²) in [4.78, 5) is 24.0. The van der Waals surface area contributed by atoms with Crippen molar-refractivity contribution >= 4 is 40.2 Å². The van der Waals surface area contributed by atoms with E-state index in [1.54, 1.807) is 35.0 Å². The van der Waals surface area contributed by atoms with Crippen molar-refractivity contribution < 1.29 is 9.59 Å². The summed E-state index contributed by atoms with van der Waals surface area (Å²) in [6.07, 6.45) is 5.33. The van der Waals surface area contributed by atoms with Crippen molar-refractivity contribution in [3.63, 3.8) is 0 Å². The molecular formula is C14H11IN2O2. The maximum absolute atomic E-state index is 12.4. The molecule has 0 saturated carbocycles. The van der Waals surface area contributed by atoms with Crippen molar-refractivity contribution in [2.75, 3.05) is 5.32 Å². The fraction of sp³-hybridized carbons (Fsp3) is 0.143. The Bertz CT molecular complexity index is 622. The first-order valence-electron chi connectivity index (χ1n) is 5.91. The van der Waals surface area contributed by atoms with Crippen molar-refractivity contribution in [1.29, 1.82) is 0 Å². The number of carbonyl (C=O) groups excluding carboxylic acids is 2. The summed E-state index contributed by atoms with van der Waals surface area (Å²) in [5.41, 5.74) is 2.12. The molecule has 1 aromatic rings. The molecular weight excluding hydrogens is 355 g/mol. The van der Waals surface area contributed by atoms with Gasteiger partial charge in [0.25, 0.3) is 5.91 Å². The summed E-state index contributed by atoms with van der Waals surface area (Å²) >= 11 is 1.81. The first-order chi connectivity index (χ1) is 9.20. The van der Waals surface area contributed by atoms with E-state index in [1.807, 2.05) is 30.3 Å². The van der Waals surface area contributed by atoms with Crippen LogP contribution >= 0.6 is 22.9 Å². The van der Waals surface area contributed by atoms with E-state index in [-0.39, 0.29) is 23.7 Å². The van der Waals surface area contributed by atoms with Crippen LogP contribution in [0.2, 0.25) is 0 Å². The molecule has 2 N–H and O–H groups in total. The van der Waals surface area contributed by atoms with Crippen LogP contribution in [0.3, 0.4) is 0 Å². The van der Waals surface area contributed by atoms with Crippen LogP contribution in [-0.4, -0.2) is 17.7 Å². The van der Waals surface area contributed by atoms with Gasteiger partial charge in [0.1, 0.15) is 0 Å². The zero-order chi connectivity index (χ0) is 13.4. The summed E-state index contributed by atoms with van der Waals surface area (Å²) in [5, 5.41) is 3.31. The first-order valence-corrected chi connectivity index (χ1v) is 6.99. The predicted molar refractivity (Wildman–Crippen MR) is 81.1 cm³/mol. The Hall–Kier alpha value is -1.63. The highest BCUT2D eigenvalue weighted by Gasteiger charge is 2.34. The maximum atomic E-state index is 12.4. The second-order valence-corrected chi connectivity index (χ2v) is 5.05. The molecule has 0 aromatic heterocycles. The summed E-state index contributed by atoms with van der Waals surface area (Å²) in [6.45, 7) is 0. The van der Waals surface area contributed by atoms with Gasteiger partial charge < -0.3 is 5.32 Å². The van der Waals surface area contributed by atoms with E-state index in [2.05, 4.69) is 8.85 Å². The van der Waals surface area contributed by atoms with Crippen molar-refractivity contribution in [3.05, 3.63) is 53.6 Å². The molecule has 1 aromatic carbocycles. The average Bonchev–Trinajstić information content (AvgIpc) is 2.46. The van der Waals surface area contributed by atoms with E-state index in [0.29, 0.717) is 11.1 Å². The van der Waals surface area contributed by atoms with Gasteiger partial charge in [0.15, 0.2) is 5.78 Å². The quantitative estimate of drug-likeness (QED) is 0.592. The highest BCUT2D eigenvalue weighted by Crippen LogP contribution is 2.32. The van der Waals surface area contributed by atoms with Crippen LogP contribution < -0.4 is 8.85 Å². The smallest absolute Gasteiger partial charge is 0.259 e. The minimum atomic E-state index is -0.235. The minimum absolute atomic E-state index is 0.0979. The SMILES string of the molecule is O=C(NI)C1=CC2Nc3ccccc3C(=O)C2C=C1. The number of hydrogen-bond donors (Lipinski definition) is 2. The minimum Gasteiger partial charge on any atom is -0.377 e. The lowest BCUT2D eigenvalue weighted by Gasteiger charge is -2.32. The number of ketones is 1. The number of halogens is 1. The Balaban J connectivity index is 1.98. The molecule has 0 fully saturated rings. The van der Waals surface area contributed by atoms with Crippen LogP contribution in [0.25, 0.3) is 0 Å². The van der Waals surface area contributed by atoms with E-state index < -0.39 is 0 Å². The zero-order valence-electron chi connectivity index (χ0n) is 9.89. The number of carbonyl (C=O) groups is 2. The van der Waals surface area contributed by atoms with Gasteiger partial charge in [-0.25, -0.2) is 0 Å². The average molecular weight is 366 g/mol. The highest BCUT2D eigenvalue weighted by molar-refractivity contribution is 14.1. The van der Waals surface area contributed by atoms with Gasteiger partial charge in [-0.1, -0.05) is 24.3 Å². The van der Waals surface area contributed by atoms with Crippen molar-refractivity contribution in [2.45, 2.75) is 6.04 Å². The Kier molecular flexibility index (Phi) is 3.14. The van der Waals surface area contributed by atoms with Gasteiger partial charge in [0.2, 0.25) is 0 Å². The summed E-state index contributed by atoms with van der Waals surface area (Å²) in [7, 11) is 0. The van der Waals surface area contributed by atoms with Gasteiger partial charge in [-0.3, -0.25) is 13.1 Å². The Labute approximate surface area is 124 Å². The van der Waals surface area contributed by atoms with Crippen molar-refractivity contribution in [1.82, 2.24) is 3.53 Å². The molecule has 1 aliphatic carbocycles. The third-order valence-electron chi connectivity index (χ3n) is 3.39. The summed E-state index contributed by atoms with van der Waals surface area (Å²) in [5.74, 6) is -0.287. The van der Waals surface area contributed by atoms with Gasteiger partial charge in [0.05, 0.1) is 34.8 Å². The molecule has 1 aliphatic heterocycles. The second-order valence-electron chi connectivity index (χ2n) is 4.51. The number of anilines is 1. The van der Waals surface area contributed by atoms with Gasteiger partial charge >= 0.3 is 0 Å². The third-order valence-corrected chi connectivity index (χ3v) is 3.88. The molecule has 3 rings (SSSR count). The molecule has 1 heterocycles. The van der Waals surface area contributed by atoms with E-state index in [1.165, 1.54) is 0 Å². The zero-order valence-corrected chi connectivity index (χ0v) is 12.0. The molecule has 0 spiro atoms.